The summed E-state index contributed by atoms with van der Waals surface area (Å²) >= 11 is 0. The average Bonchev–Trinajstić information content (AvgIpc) is 2.10. The molecule has 1 aliphatic rings. The summed E-state index contributed by atoms with van der Waals surface area (Å²) in [6.07, 6.45) is 0. The second kappa shape index (κ2) is 4.09. The average molecular weight is 210 g/mol. The van der Waals surface area contributed by atoms with Crippen LogP contribution in [-0.2, 0) is 0 Å². The van der Waals surface area contributed by atoms with Crippen molar-refractivity contribution in [2.24, 2.45) is 5.73 Å². The van der Waals surface area contributed by atoms with Crippen molar-refractivity contribution in [1.82, 2.24) is 9.80 Å². The van der Waals surface area contributed by atoms with Gasteiger partial charge < -0.3 is 5.73 Å². The van der Waals surface area contributed by atoms with Crippen LogP contribution in [0.4, 0.5) is 0 Å². The topological polar surface area (TPSA) is 56.3 Å². The zero-order valence-electron chi connectivity index (χ0n) is 10.2. The molecular formula is C11H22N4. The van der Waals surface area contributed by atoms with Crippen LogP contribution >= 0.6 is 0 Å². The molecule has 0 aromatic rings. The number of nitrogens with two attached hydrogens (primary N) is 1. The number of nitrogens with zero attached hydrogens (tertiary/aromatic N) is 3. The normalized spacial score (nSPS) is 26.9. The van der Waals surface area contributed by atoms with Crippen LogP contribution in [0.15, 0.2) is 0 Å². The van der Waals surface area contributed by atoms with Gasteiger partial charge in [0, 0.05) is 31.7 Å². The number of rotatable bonds is 2. The molecule has 0 bridgehead atoms. The van der Waals surface area contributed by atoms with Crippen LogP contribution in [0.3, 0.4) is 0 Å². The molecule has 1 unspecified atom stereocenters. The standard InChI is InChI=1S/C11H22N4/c1-10(2)8-15(6-5-14(10)4)9-11(3,13)7-12/h5-6,8-9,13H2,1-4H3. The molecule has 1 rings (SSSR count). The molecule has 0 amide bonds. The third-order valence-electron chi connectivity index (χ3n) is 3.20. The molecule has 0 aromatic carbocycles. The van der Waals surface area contributed by atoms with Crippen LogP contribution in [0.25, 0.3) is 0 Å². The van der Waals surface area contributed by atoms with Crippen LogP contribution in [0.1, 0.15) is 20.8 Å². The van der Waals surface area contributed by atoms with Crippen molar-refractivity contribution in [3.8, 4) is 6.07 Å². The summed E-state index contributed by atoms with van der Waals surface area (Å²) in [7, 11) is 2.14. The van der Waals surface area contributed by atoms with E-state index in [2.05, 4.69) is 36.8 Å². The molecule has 2 N–H and O–H groups in total. The van der Waals surface area contributed by atoms with E-state index in [1.165, 1.54) is 0 Å². The maximum atomic E-state index is 8.89. The van der Waals surface area contributed by atoms with E-state index in [0.29, 0.717) is 6.54 Å². The number of likely N-dealkylation sites (N-methyl/N-ethyl adjacent to an activating group) is 1. The summed E-state index contributed by atoms with van der Waals surface area (Å²) in [5.41, 5.74) is 5.29. The largest absolute Gasteiger partial charge is 0.313 e. The lowest BCUT2D eigenvalue weighted by molar-refractivity contribution is 0.0342. The van der Waals surface area contributed by atoms with E-state index in [-0.39, 0.29) is 5.54 Å². The van der Waals surface area contributed by atoms with Crippen LogP contribution in [0, 0.1) is 11.3 Å². The molecule has 15 heavy (non-hydrogen) atoms. The van der Waals surface area contributed by atoms with Crippen LogP contribution in [-0.4, -0.2) is 54.1 Å². The molecule has 4 nitrogen and oxygen atoms in total. The van der Waals surface area contributed by atoms with Crippen molar-refractivity contribution in [2.45, 2.75) is 31.8 Å². The minimum atomic E-state index is -0.730. The van der Waals surface area contributed by atoms with E-state index in [1.807, 2.05) is 0 Å². The highest BCUT2D eigenvalue weighted by Crippen LogP contribution is 2.19. The van der Waals surface area contributed by atoms with Gasteiger partial charge in [0.25, 0.3) is 0 Å². The van der Waals surface area contributed by atoms with Crippen molar-refractivity contribution in [1.29, 1.82) is 5.26 Å². The second-order valence-corrected chi connectivity index (χ2v) is 5.47. The Bertz CT molecular complexity index is 264. The Balaban J connectivity index is 2.58. The monoisotopic (exact) mass is 210 g/mol. The van der Waals surface area contributed by atoms with Crippen molar-refractivity contribution in [3.05, 3.63) is 0 Å². The van der Waals surface area contributed by atoms with E-state index < -0.39 is 5.54 Å². The van der Waals surface area contributed by atoms with Crippen LogP contribution in [0.5, 0.6) is 0 Å². The van der Waals surface area contributed by atoms with Crippen molar-refractivity contribution in [3.63, 3.8) is 0 Å². The van der Waals surface area contributed by atoms with Gasteiger partial charge in [0.2, 0.25) is 0 Å². The molecule has 1 heterocycles. The van der Waals surface area contributed by atoms with Gasteiger partial charge in [0.1, 0.15) is 5.54 Å². The highest BCUT2D eigenvalue weighted by Gasteiger charge is 2.33. The first-order valence-electron chi connectivity index (χ1n) is 5.41. The van der Waals surface area contributed by atoms with E-state index in [0.717, 1.165) is 19.6 Å². The molecular weight excluding hydrogens is 188 g/mol. The SMILES string of the molecule is CN1CCN(CC(C)(N)C#N)CC1(C)C. The van der Waals surface area contributed by atoms with Gasteiger partial charge in [-0.1, -0.05) is 0 Å². The van der Waals surface area contributed by atoms with Crippen molar-refractivity contribution >= 4 is 0 Å². The minimum absolute atomic E-state index is 0.170. The molecule has 0 spiro atoms. The zero-order chi connectivity index (χ0) is 11.7. The van der Waals surface area contributed by atoms with E-state index in [9.17, 15) is 0 Å². The summed E-state index contributed by atoms with van der Waals surface area (Å²) < 4.78 is 0. The molecule has 0 aromatic heterocycles. The highest BCUT2D eigenvalue weighted by molar-refractivity contribution is 5.04. The Morgan fingerprint density at radius 3 is 2.53 bits per heavy atom. The fraction of sp³-hybridized carbons (Fsp3) is 0.909. The summed E-state index contributed by atoms with van der Waals surface area (Å²) in [6, 6.07) is 2.15. The predicted octanol–water partition coefficient (Wildman–Crippen LogP) is 0.253. The third kappa shape index (κ3) is 3.16. The lowest BCUT2D eigenvalue weighted by Crippen LogP contribution is -2.60. The molecule has 1 aliphatic heterocycles. The fourth-order valence-corrected chi connectivity index (χ4v) is 1.98. The van der Waals surface area contributed by atoms with E-state index in [4.69, 9.17) is 11.0 Å². The van der Waals surface area contributed by atoms with Gasteiger partial charge >= 0.3 is 0 Å². The van der Waals surface area contributed by atoms with E-state index >= 15 is 0 Å². The molecule has 86 valence electrons. The third-order valence-corrected chi connectivity index (χ3v) is 3.20. The molecule has 4 heteroatoms. The van der Waals surface area contributed by atoms with Crippen LogP contribution in [0.2, 0.25) is 0 Å². The lowest BCUT2D eigenvalue weighted by Gasteiger charge is -2.46. The van der Waals surface area contributed by atoms with Gasteiger partial charge in [-0.15, -0.1) is 0 Å². The predicted molar refractivity (Wildman–Crippen MR) is 61.4 cm³/mol. The molecule has 1 saturated heterocycles. The van der Waals surface area contributed by atoms with Gasteiger partial charge in [0.05, 0.1) is 6.07 Å². The Hall–Kier alpha value is -0.630. The summed E-state index contributed by atoms with van der Waals surface area (Å²) in [5.74, 6) is 0. The fourth-order valence-electron chi connectivity index (χ4n) is 1.98. The Kier molecular flexibility index (Phi) is 3.39. The molecule has 0 radical (unpaired) electrons. The smallest absolute Gasteiger partial charge is 0.114 e. The highest BCUT2D eigenvalue weighted by atomic mass is 15.3. The number of hydrogen-bond donors (Lipinski definition) is 1. The molecule has 1 fully saturated rings. The summed E-state index contributed by atoms with van der Waals surface area (Å²) in [4.78, 5) is 4.63. The Labute approximate surface area is 92.6 Å². The van der Waals surface area contributed by atoms with Crippen molar-refractivity contribution in [2.75, 3.05) is 33.2 Å². The maximum Gasteiger partial charge on any atom is 0.114 e. The number of piperazine rings is 1. The van der Waals surface area contributed by atoms with Crippen LogP contribution < -0.4 is 5.73 Å². The first-order chi connectivity index (χ1) is 6.77. The number of nitriles is 1. The van der Waals surface area contributed by atoms with Gasteiger partial charge in [0.15, 0.2) is 0 Å². The van der Waals surface area contributed by atoms with Gasteiger partial charge in [-0.25, -0.2) is 0 Å². The maximum absolute atomic E-state index is 8.89. The minimum Gasteiger partial charge on any atom is -0.313 e. The molecule has 0 aliphatic carbocycles. The van der Waals surface area contributed by atoms with Crippen molar-refractivity contribution < 1.29 is 0 Å². The summed E-state index contributed by atoms with van der Waals surface area (Å²) in [5, 5.41) is 8.89. The Morgan fingerprint density at radius 2 is 2.07 bits per heavy atom. The first kappa shape index (κ1) is 12.4. The van der Waals surface area contributed by atoms with Gasteiger partial charge in [-0.2, -0.15) is 5.26 Å². The van der Waals surface area contributed by atoms with Gasteiger partial charge in [-0.3, -0.25) is 9.80 Å². The van der Waals surface area contributed by atoms with Gasteiger partial charge in [-0.05, 0) is 27.8 Å². The lowest BCUT2D eigenvalue weighted by atomic mass is 9.97. The number of hydrogen-bond acceptors (Lipinski definition) is 4. The summed E-state index contributed by atoms with van der Waals surface area (Å²) in [6.45, 7) is 9.89. The van der Waals surface area contributed by atoms with E-state index in [1.54, 1.807) is 6.92 Å². The Morgan fingerprint density at radius 1 is 1.47 bits per heavy atom. The molecule has 0 saturated carbocycles. The first-order valence-corrected chi connectivity index (χ1v) is 5.41. The quantitative estimate of drug-likeness (QED) is 0.710. The molecule has 1 atom stereocenters. The second-order valence-electron chi connectivity index (χ2n) is 5.47. The zero-order valence-corrected chi connectivity index (χ0v) is 10.2.